The van der Waals surface area contributed by atoms with Crippen LogP contribution < -0.4 is 11.5 Å². The van der Waals surface area contributed by atoms with E-state index in [0.29, 0.717) is 12.1 Å². The zero-order chi connectivity index (χ0) is 5.28. The minimum absolute atomic E-state index is 0. The third-order valence-electron chi connectivity index (χ3n) is 1.51. The first-order valence-corrected chi connectivity index (χ1v) is 2.80. The lowest BCUT2D eigenvalue weighted by molar-refractivity contribution is 0.666. The molecule has 0 bridgehead atoms. The van der Waals surface area contributed by atoms with E-state index in [9.17, 15) is 0 Å². The average Bonchev–Trinajstić information content (AvgIpc) is 1.87. The predicted octanol–water partition coefficient (Wildman–Crippen LogP) is 0.981. The van der Waals surface area contributed by atoms with Crippen molar-refractivity contribution in [2.24, 2.45) is 11.5 Å². The molecule has 1 saturated carbocycles. The smallest absolute Gasteiger partial charge is 0.00541 e. The first-order chi connectivity index (χ1) is 3.29. The third kappa shape index (κ3) is 4.31. The molecule has 4 N–H and O–H groups in total. The van der Waals surface area contributed by atoms with Crippen LogP contribution in [0.3, 0.4) is 0 Å². The van der Waals surface area contributed by atoms with Crippen LogP contribution in [0.25, 0.3) is 0 Å². The van der Waals surface area contributed by atoms with Gasteiger partial charge in [-0.2, -0.15) is 0 Å². The van der Waals surface area contributed by atoms with Gasteiger partial charge in [0.1, 0.15) is 0 Å². The molecule has 0 radical (unpaired) electrons. The first kappa shape index (κ1) is 12.5. The Balaban J connectivity index is 0. The van der Waals surface area contributed by atoms with Crippen molar-refractivity contribution in [3.8, 4) is 0 Å². The van der Waals surface area contributed by atoms with Gasteiger partial charge >= 0.3 is 0 Å². The quantitative estimate of drug-likeness (QED) is 0.683. The molecule has 0 aromatic heterocycles. The van der Waals surface area contributed by atoms with Crippen LogP contribution in [0.1, 0.15) is 19.3 Å². The summed E-state index contributed by atoms with van der Waals surface area (Å²) in [5, 5.41) is 0. The Labute approximate surface area is 76.9 Å². The van der Waals surface area contributed by atoms with Gasteiger partial charge in [-0.05, 0) is 19.3 Å². The van der Waals surface area contributed by atoms with E-state index >= 15 is 0 Å². The molecule has 1 aliphatic rings. The zero-order valence-electron chi connectivity index (χ0n) is 5.25. The van der Waals surface area contributed by atoms with Crippen molar-refractivity contribution in [1.29, 1.82) is 0 Å². The monoisotopic (exact) mass is 260 g/mol. The van der Waals surface area contributed by atoms with Crippen molar-refractivity contribution >= 4 is 34.0 Å². The lowest BCUT2D eigenvalue weighted by Gasteiger charge is -1.97. The Hall–Kier alpha value is 0.880. The number of halogens is 2. The molecular weight excluding hydrogens is 248 g/mol. The van der Waals surface area contributed by atoms with Crippen molar-refractivity contribution in [2.75, 3.05) is 0 Å². The molecule has 9 heavy (non-hydrogen) atoms. The van der Waals surface area contributed by atoms with E-state index in [2.05, 4.69) is 0 Å². The Morgan fingerprint density at radius 3 is 1.33 bits per heavy atom. The van der Waals surface area contributed by atoms with Crippen molar-refractivity contribution < 1.29 is 0 Å². The minimum Gasteiger partial charge on any atom is -0.328 e. The van der Waals surface area contributed by atoms with E-state index in [-0.39, 0.29) is 34.0 Å². The second-order valence-electron chi connectivity index (χ2n) is 2.33. The van der Waals surface area contributed by atoms with Crippen LogP contribution in [0.15, 0.2) is 0 Å². The Morgan fingerprint density at radius 2 is 1.22 bits per heavy atom. The van der Waals surface area contributed by atoms with E-state index < -0.39 is 0 Å². The van der Waals surface area contributed by atoms with Gasteiger partial charge in [0.25, 0.3) is 0 Å². The normalized spacial score (nSPS) is 32.7. The maximum absolute atomic E-state index is 5.55. The highest BCUT2D eigenvalue weighted by molar-refractivity contribution is 8.93. The van der Waals surface area contributed by atoms with Crippen molar-refractivity contribution in [2.45, 2.75) is 31.3 Å². The van der Waals surface area contributed by atoms with Gasteiger partial charge in [-0.3, -0.25) is 0 Å². The number of nitrogens with two attached hydrogens (primary N) is 2. The molecule has 0 unspecified atom stereocenters. The molecule has 0 aromatic rings. The summed E-state index contributed by atoms with van der Waals surface area (Å²) in [6.45, 7) is 0. The summed E-state index contributed by atoms with van der Waals surface area (Å²) >= 11 is 0. The summed E-state index contributed by atoms with van der Waals surface area (Å²) < 4.78 is 0. The maximum atomic E-state index is 5.55. The summed E-state index contributed by atoms with van der Waals surface area (Å²) in [6.07, 6.45) is 3.28. The lowest BCUT2D eigenvalue weighted by Crippen LogP contribution is -2.20. The van der Waals surface area contributed by atoms with Crippen molar-refractivity contribution in [3.05, 3.63) is 0 Å². The molecule has 0 amide bonds. The van der Waals surface area contributed by atoms with E-state index in [1.54, 1.807) is 0 Å². The van der Waals surface area contributed by atoms with Crippen LogP contribution >= 0.6 is 34.0 Å². The fourth-order valence-corrected chi connectivity index (χ4v) is 1.05. The molecule has 2 atom stereocenters. The second kappa shape index (κ2) is 5.65. The van der Waals surface area contributed by atoms with Crippen molar-refractivity contribution in [1.82, 2.24) is 0 Å². The molecule has 1 fully saturated rings. The van der Waals surface area contributed by atoms with Gasteiger partial charge in [0, 0.05) is 12.1 Å². The largest absolute Gasteiger partial charge is 0.328 e. The topological polar surface area (TPSA) is 52.0 Å². The van der Waals surface area contributed by atoms with Gasteiger partial charge in [-0.1, -0.05) is 0 Å². The molecule has 4 heteroatoms. The first-order valence-electron chi connectivity index (χ1n) is 2.80. The summed E-state index contributed by atoms with van der Waals surface area (Å²) in [5.41, 5.74) is 11.1. The fraction of sp³-hybridized carbons (Fsp3) is 1.00. The Kier molecular flexibility index (Phi) is 7.87. The average molecular weight is 262 g/mol. The van der Waals surface area contributed by atoms with E-state index in [0.717, 1.165) is 19.3 Å². The Bertz CT molecular complexity index is 62.0. The van der Waals surface area contributed by atoms with Crippen LogP contribution in [-0.2, 0) is 0 Å². The second-order valence-corrected chi connectivity index (χ2v) is 2.33. The van der Waals surface area contributed by atoms with Gasteiger partial charge in [0.05, 0.1) is 0 Å². The Morgan fingerprint density at radius 1 is 0.889 bits per heavy atom. The van der Waals surface area contributed by atoms with Gasteiger partial charge < -0.3 is 11.5 Å². The van der Waals surface area contributed by atoms with E-state index in [1.807, 2.05) is 0 Å². The van der Waals surface area contributed by atoms with Gasteiger partial charge in [0.15, 0.2) is 0 Å². The molecule has 0 heterocycles. The fourth-order valence-electron chi connectivity index (χ4n) is 1.05. The molecule has 2 nitrogen and oxygen atoms in total. The highest BCUT2D eigenvalue weighted by Gasteiger charge is 2.16. The molecule has 0 saturated heterocycles. The van der Waals surface area contributed by atoms with Gasteiger partial charge in [-0.15, -0.1) is 34.0 Å². The molecule has 0 aromatic carbocycles. The van der Waals surface area contributed by atoms with Crippen LogP contribution in [-0.4, -0.2) is 12.1 Å². The molecule has 1 rings (SSSR count). The highest BCUT2D eigenvalue weighted by Crippen LogP contribution is 2.13. The summed E-state index contributed by atoms with van der Waals surface area (Å²) in [7, 11) is 0. The molecule has 1 aliphatic carbocycles. The number of rotatable bonds is 0. The van der Waals surface area contributed by atoms with Crippen LogP contribution in [0, 0.1) is 0 Å². The van der Waals surface area contributed by atoms with Crippen molar-refractivity contribution in [3.63, 3.8) is 0 Å². The van der Waals surface area contributed by atoms with E-state index in [1.165, 1.54) is 0 Å². The summed E-state index contributed by atoms with van der Waals surface area (Å²) in [5.74, 6) is 0. The van der Waals surface area contributed by atoms with Crippen LogP contribution in [0.2, 0.25) is 0 Å². The molecule has 0 aliphatic heterocycles. The number of hydrogen-bond acceptors (Lipinski definition) is 2. The van der Waals surface area contributed by atoms with Crippen LogP contribution in [0.5, 0.6) is 0 Å². The molecule has 0 spiro atoms. The summed E-state index contributed by atoms with van der Waals surface area (Å²) in [4.78, 5) is 0. The van der Waals surface area contributed by atoms with Crippen LogP contribution in [0.4, 0.5) is 0 Å². The standard InChI is InChI=1S/C5H12N2.2BrH/c6-4-1-2-5(7)3-4;;/h4-5H,1-3,6-7H2;2*1H/t4-,5+;;. The van der Waals surface area contributed by atoms with Gasteiger partial charge in [0.2, 0.25) is 0 Å². The van der Waals surface area contributed by atoms with E-state index in [4.69, 9.17) is 11.5 Å². The molecule has 58 valence electrons. The minimum atomic E-state index is 0. The third-order valence-corrected chi connectivity index (χ3v) is 1.51. The number of hydrogen-bond donors (Lipinski definition) is 2. The summed E-state index contributed by atoms with van der Waals surface area (Å²) in [6, 6.07) is 0.796. The molecular formula is C5H14Br2N2. The zero-order valence-corrected chi connectivity index (χ0v) is 8.67. The SMILES string of the molecule is Br.Br.N[C@@H]1CC[C@H](N)C1. The maximum Gasteiger partial charge on any atom is 0.00541 e. The highest BCUT2D eigenvalue weighted by atomic mass is 79.9. The predicted molar refractivity (Wildman–Crippen MR) is 50.4 cm³/mol. The van der Waals surface area contributed by atoms with Gasteiger partial charge in [-0.25, -0.2) is 0 Å². The lowest BCUT2D eigenvalue weighted by atomic mass is 10.2.